The van der Waals surface area contributed by atoms with Gasteiger partial charge in [0.15, 0.2) is 0 Å². The van der Waals surface area contributed by atoms with Crippen LogP contribution in [0.4, 0.5) is 13.2 Å². The van der Waals surface area contributed by atoms with Gasteiger partial charge in [-0.05, 0) is 30.5 Å². The summed E-state index contributed by atoms with van der Waals surface area (Å²) in [4.78, 5) is 7.94. The molecule has 0 saturated carbocycles. The fourth-order valence-corrected chi connectivity index (χ4v) is 4.60. The fraction of sp³-hybridized carbons (Fsp3) is 0.444. The molecule has 1 unspecified atom stereocenters. The van der Waals surface area contributed by atoms with E-state index < -0.39 is 27.9 Å². The van der Waals surface area contributed by atoms with Gasteiger partial charge in [0.25, 0.3) is 0 Å². The summed E-state index contributed by atoms with van der Waals surface area (Å²) in [6.45, 7) is 0.464. The number of halogens is 3. The van der Waals surface area contributed by atoms with Gasteiger partial charge in [-0.3, -0.25) is 0 Å². The van der Waals surface area contributed by atoms with Crippen LogP contribution in [0.15, 0.2) is 36.5 Å². The number of alkyl halides is 3. The first-order valence-corrected chi connectivity index (χ1v) is 10.5. The molecule has 1 aliphatic heterocycles. The first-order chi connectivity index (χ1) is 13.7. The molecule has 0 N–H and O–H groups in total. The Balaban J connectivity index is 1.65. The van der Waals surface area contributed by atoms with E-state index in [1.54, 1.807) is 6.07 Å². The van der Waals surface area contributed by atoms with Gasteiger partial charge >= 0.3 is 12.2 Å². The van der Waals surface area contributed by atoms with Crippen LogP contribution in [0.5, 0.6) is 11.9 Å². The Kier molecular flexibility index (Phi) is 6.27. The number of ether oxygens (including phenoxy) is 2. The number of piperidine rings is 1. The van der Waals surface area contributed by atoms with Crippen LogP contribution < -0.4 is 9.47 Å². The zero-order valence-corrected chi connectivity index (χ0v) is 16.4. The summed E-state index contributed by atoms with van der Waals surface area (Å²) in [6, 6.07) is 5.84. The van der Waals surface area contributed by atoms with Crippen molar-refractivity contribution in [2.75, 3.05) is 20.2 Å². The first-order valence-electron chi connectivity index (χ1n) is 8.85. The van der Waals surface area contributed by atoms with Gasteiger partial charge in [0.2, 0.25) is 15.9 Å². The lowest BCUT2D eigenvalue weighted by molar-refractivity contribution is -0.137. The Morgan fingerprint density at radius 1 is 1.21 bits per heavy atom. The second kappa shape index (κ2) is 8.54. The molecule has 11 heteroatoms. The van der Waals surface area contributed by atoms with Crippen LogP contribution in [0.2, 0.25) is 0 Å². The molecule has 7 nitrogen and oxygen atoms in total. The second-order valence-electron chi connectivity index (χ2n) is 6.57. The van der Waals surface area contributed by atoms with Crippen molar-refractivity contribution in [1.82, 2.24) is 14.3 Å². The van der Waals surface area contributed by atoms with Crippen LogP contribution >= 0.6 is 0 Å². The van der Waals surface area contributed by atoms with E-state index >= 15 is 0 Å². The number of nitrogens with zero attached hydrogens (tertiary/aromatic N) is 3. The van der Waals surface area contributed by atoms with Crippen molar-refractivity contribution in [3.05, 3.63) is 47.7 Å². The van der Waals surface area contributed by atoms with E-state index in [1.807, 2.05) is 0 Å². The average molecular weight is 431 g/mol. The Hall–Kier alpha value is -2.40. The molecule has 29 heavy (non-hydrogen) atoms. The van der Waals surface area contributed by atoms with E-state index in [0.717, 1.165) is 12.1 Å². The van der Waals surface area contributed by atoms with Gasteiger partial charge in [0, 0.05) is 18.8 Å². The maximum Gasteiger partial charge on any atom is 0.416 e. The number of aromatic nitrogens is 2. The average Bonchev–Trinajstić information content (AvgIpc) is 2.68. The highest BCUT2D eigenvalue weighted by atomic mass is 32.2. The minimum absolute atomic E-state index is 0.134. The van der Waals surface area contributed by atoms with Crippen molar-refractivity contribution in [3.63, 3.8) is 0 Å². The number of hydrogen-bond acceptors (Lipinski definition) is 6. The van der Waals surface area contributed by atoms with Crippen molar-refractivity contribution in [1.29, 1.82) is 0 Å². The lowest BCUT2D eigenvalue weighted by Crippen LogP contribution is -2.44. The molecule has 0 spiro atoms. The molecule has 2 heterocycles. The molecule has 0 bridgehead atoms. The number of benzene rings is 1. The molecule has 0 radical (unpaired) electrons. The third-order valence-corrected chi connectivity index (χ3v) is 6.26. The van der Waals surface area contributed by atoms with Gasteiger partial charge in [0.05, 0.1) is 25.0 Å². The number of hydrogen-bond donors (Lipinski definition) is 0. The Bertz CT molecular complexity index is 936. The normalized spacial score (nSPS) is 18.4. The molecular formula is C18H20F3N3O4S. The van der Waals surface area contributed by atoms with Crippen molar-refractivity contribution >= 4 is 10.0 Å². The Morgan fingerprint density at radius 3 is 2.59 bits per heavy atom. The highest BCUT2D eigenvalue weighted by molar-refractivity contribution is 7.88. The standard InChI is InChI=1S/C18H20F3N3O4S/c1-27-17-22-9-8-16(23-17)28-15-3-2-10-24(11-15)29(25,26)12-13-4-6-14(7-5-13)18(19,20)21/h4-9,15H,2-3,10-12H2,1H3. The van der Waals surface area contributed by atoms with Crippen molar-refractivity contribution in [2.45, 2.75) is 30.9 Å². The van der Waals surface area contributed by atoms with E-state index in [-0.39, 0.29) is 24.2 Å². The predicted molar refractivity (Wildman–Crippen MR) is 97.9 cm³/mol. The van der Waals surface area contributed by atoms with Crippen molar-refractivity contribution in [3.8, 4) is 11.9 Å². The van der Waals surface area contributed by atoms with E-state index in [1.165, 1.54) is 29.7 Å². The monoisotopic (exact) mass is 431 g/mol. The van der Waals surface area contributed by atoms with Crippen LogP contribution in [0.1, 0.15) is 24.0 Å². The van der Waals surface area contributed by atoms with Crippen LogP contribution in [-0.2, 0) is 22.0 Å². The molecule has 158 valence electrons. The molecule has 2 aromatic rings. The largest absolute Gasteiger partial charge is 0.473 e. The van der Waals surface area contributed by atoms with E-state index in [0.29, 0.717) is 24.9 Å². The van der Waals surface area contributed by atoms with Gasteiger partial charge in [-0.1, -0.05) is 12.1 Å². The van der Waals surface area contributed by atoms with Crippen LogP contribution in [0.3, 0.4) is 0 Å². The molecule has 0 amide bonds. The van der Waals surface area contributed by atoms with Gasteiger partial charge < -0.3 is 9.47 Å². The Labute approximate surface area is 166 Å². The molecule has 3 rings (SSSR count). The van der Waals surface area contributed by atoms with Crippen LogP contribution in [0.25, 0.3) is 0 Å². The van der Waals surface area contributed by atoms with Gasteiger partial charge in [0.1, 0.15) is 6.10 Å². The quantitative estimate of drug-likeness (QED) is 0.700. The van der Waals surface area contributed by atoms with Crippen molar-refractivity contribution in [2.24, 2.45) is 0 Å². The highest BCUT2D eigenvalue weighted by Crippen LogP contribution is 2.29. The summed E-state index contributed by atoms with van der Waals surface area (Å²) in [5.74, 6) is -0.0945. The number of rotatable bonds is 6. The third-order valence-electron chi connectivity index (χ3n) is 4.44. The maximum absolute atomic E-state index is 12.7. The predicted octanol–water partition coefficient (Wildman–Crippen LogP) is 2.88. The van der Waals surface area contributed by atoms with Gasteiger partial charge in [-0.25, -0.2) is 13.4 Å². The molecule has 0 aliphatic carbocycles. The van der Waals surface area contributed by atoms with Crippen LogP contribution in [0, 0.1) is 0 Å². The topological polar surface area (TPSA) is 81.6 Å². The summed E-state index contributed by atoms with van der Waals surface area (Å²) in [5.41, 5.74) is -0.521. The van der Waals surface area contributed by atoms with Gasteiger partial charge in [-0.2, -0.15) is 22.5 Å². The number of methoxy groups -OCH3 is 1. The summed E-state index contributed by atoms with van der Waals surface area (Å²) >= 11 is 0. The lowest BCUT2D eigenvalue weighted by Gasteiger charge is -2.31. The summed E-state index contributed by atoms with van der Waals surface area (Å²) in [6.07, 6.45) is -2.13. The zero-order chi connectivity index (χ0) is 21.1. The van der Waals surface area contributed by atoms with E-state index in [4.69, 9.17) is 9.47 Å². The molecule has 1 fully saturated rings. The summed E-state index contributed by atoms with van der Waals surface area (Å²) in [5, 5.41) is 0. The molecule has 1 aromatic heterocycles. The highest BCUT2D eigenvalue weighted by Gasteiger charge is 2.32. The Morgan fingerprint density at radius 2 is 1.93 bits per heavy atom. The molecule has 1 saturated heterocycles. The SMILES string of the molecule is COc1nccc(OC2CCCN(S(=O)(=O)Cc3ccc(C(F)(F)F)cc3)C2)n1. The smallest absolute Gasteiger partial charge is 0.416 e. The van der Waals surface area contributed by atoms with Crippen LogP contribution in [-0.4, -0.2) is 49.0 Å². The zero-order valence-electron chi connectivity index (χ0n) is 15.6. The maximum atomic E-state index is 12.7. The fourth-order valence-electron chi connectivity index (χ4n) is 3.01. The van der Waals surface area contributed by atoms with E-state index in [9.17, 15) is 21.6 Å². The first kappa shape index (κ1) is 21.3. The van der Waals surface area contributed by atoms with Gasteiger partial charge in [-0.15, -0.1) is 0 Å². The minimum Gasteiger partial charge on any atom is -0.473 e. The third kappa shape index (κ3) is 5.57. The molecule has 1 aliphatic rings. The lowest BCUT2D eigenvalue weighted by atomic mass is 10.1. The van der Waals surface area contributed by atoms with E-state index in [2.05, 4.69) is 9.97 Å². The van der Waals surface area contributed by atoms with Crippen molar-refractivity contribution < 1.29 is 31.1 Å². The summed E-state index contributed by atoms with van der Waals surface area (Å²) in [7, 11) is -2.28. The second-order valence-corrected chi connectivity index (χ2v) is 8.54. The molecular weight excluding hydrogens is 411 g/mol. The molecule has 1 aromatic carbocycles. The number of sulfonamides is 1. The minimum atomic E-state index is -4.46. The summed E-state index contributed by atoms with van der Waals surface area (Å²) < 4.78 is 75.5. The molecule has 1 atom stereocenters.